The lowest BCUT2D eigenvalue weighted by Gasteiger charge is -2.35. The molecule has 3 heterocycles. The van der Waals surface area contributed by atoms with E-state index in [4.69, 9.17) is 11.6 Å². The highest BCUT2D eigenvalue weighted by atomic mass is 35.5. The molecule has 1 aliphatic heterocycles. The number of carbonyl (C=O) groups excluding carboxylic acids is 1. The molecule has 3 rings (SSSR count). The molecule has 3 unspecified atom stereocenters. The molecule has 1 amide bonds. The summed E-state index contributed by atoms with van der Waals surface area (Å²) in [5.74, 6) is -0.247. The predicted octanol–water partition coefficient (Wildman–Crippen LogP) is 1.93. The second-order valence-electron chi connectivity index (χ2n) is 6.19. The zero-order chi connectivity index (χ0) is 20.8. The third kappa shape index (κ3) is 5.19. The lowest BCUT2D eigenvalue weighted by Crippen LogP contribution is -2.54. The van der Waals surface area contributed by atoms with Crippen LogP contribution in [-0.4, -0.2) is 61.5 Å². The molecule has 1 saturated heterocycles. The number of nitrogens with zero attached hydrogens (tertiary/aromatic N) is 4. The number of imidazole rings is 1. The first-order valence-corrected chi connectivity index (χ1v) is 10.6. The number of piperidine rings is 1. The highest BCUT2D eigenvalue weighted by Gasteiger charge is 2.31. The number of nitrogens with one attached hydrogen (secondary N) is 2. The average molecular weight is 431 g/mol. The molecule has 0 aliphatic carbocycles. The minimum Gasteiger partial charge on any atom is -0.389 e. The molecule has 0 radical (unpaired) electrons. The SMILES string of the molecule is CC.CCc1[nH]c(C(=O)NC2CCN(c3nnc(C(C)O)s3)CC2O)nc1Cl. The van der Waals surface area contributed by atoms with Crippen molar-refractivity contribution >= 4 is 34.0 Å². The van der Waals surface area contributed by atoms with Gasteiger partial charge in [0, 0.05) is 13.1 Å². The van der Waals surface area contributed by atoms with Gasteiger partial charge in [-0.2, -0.15) is 0 Å². The number of anilines is 1. The lowest BCUT2D eigenvalue weighted by atomic mass is 10.0. The summed E-state index contributed by atoms with van der Waals surface area (Å²) in [7, 11) is 0. The number of rotatable bonds is 5. The van der Waals surface area contributed by atoms with Crippen molar-refractivity contribution in [3.63, 3.8) is 0 Å². The molecule has 0 aromatic carbocycles. The summed E-state index contributed by atoms with van der Waals surface area (Å²) >= 11 is 7.26. The van der Waals surface area contributed by atoms with Gasteiger partial charge in [0.15, 0.2) is 11.0 Å². The van der Waals surface area contributed by atoms with Crippen molar-refractivity contribution in [2.45, 2.75) is 58.8 Å². The van der Waals surface area contributed by atoms with Crippen LogP contribution in [0.15, 0.2) is 0 Å². The van der Waals surface area contributed by atoms with Gasteiger partial charge in [0.1, 0.15) is 11.1 Å². The Morgan fingerprint density at radius 2 is 2.18 bits per heavy atom. The number of β-amino-alcohol motifs (C(OH)–C–C–N with tert-alkyl or cyclic N) is 1. The number of aromatic nitrogens is 4. The van der Waals surface area contributed by atoms with Crippen LogP contribution in [0.25, 0.3) is 0 Å². The van der Waals surface area contributed by atoms with Crippen LogP contribution in [0.4, 0.5) is 5.13 Å². The van der Waals surface area contributed by atoms with E-state index < -0.39 is 24.2 Å². The fourth-order valence-corrected chi connectivity index (χ4v) is 3.84. The second-order valence-corrected chi connectivity index (χ2v) is 7.53. The Balaban J connectivity index is 0.00000136. The minimum absolute atomic E-state index is 0.146. The van der Waals surface area contributed by atoms with Gasteiger partial charge in [-0.05, 0) is 19.8 Å². The van der Waals surface area contributed by atoms with Crippen LogP contribution < -0.4 is 10.2 Å². The van der Waals surface area contributed by atoms with E-state index in [0.717, 1.165) is 0 Å². The highest BCUT2D eigenvalue weighted by molar-refractivity contribution is 7.15. The molecule has 0 spiro atoms. The van der Waals surface area contributed by atoms with Crippen LogP contribution >= 0.6 is 22.9 Å². The zero-order valence-corrected chi connectivity index (χ0v) is 18.0. The van der Waals surface area contributed by atoms with Gasteiger partial charge in [0.05, 0.1) is 17.8 Å². The van der Waals surface area contributed by atoms with E-state index >= 15 is 0 Å². The number of halogens is 1. The normalized spacial score (nSPS) is 20.3. The Morgan fingerprint density at radius 1 is 1.46 bits per heavy atom. The van der Waals surface area contributed by atoms with Crippen molar-refractivity contribution in [1.29, 1.82) is 0 Å². The molecule has 1 aliphatic rings. The number of hydrogen-bond donors (Lipinski definition) is 4. The summed E-state index contributed by atoms with van der Waals surface area (Å²) in [5.41, 5.74) is 0.706. The maximum atomic E-state index is 12.3. The first-order chi connectivity index (χ1) is 13.4. The topological polar surface area (TPSA) is 127 Å². The van der Waals surface area contributed by atoms with Crippen LogP contribution in [0.1, 0.15) is 61.5 Å². The van der Waals surface area contributed by atoms with Crippen molar-refractivity contribution < 1.29 is 15.0 Å². The standard InChI is InChI=1S/C15H21ClN6O3S.C2H6/c1-3-8-11(16)19-12(17-8)13(25)18-9-4-5-22(6-10(9)24)15-21-20-14(26-15)7(2)23;1-2/h7,9-10,23-24H,3-6H2,1-2H3,(H,17,19)(H,18,25);1-2H3. The monoisotopic (exact) mass is 430 g/mol. The van der Waals surface area contributed by atoms with E-state index in [0.29, 0.717) is 46.9 Å². The third-order valence-corrected chi connectivity index (χ3v) is 5.72. The molecule has 156 valence electrons. The summed E-state index contributed by atoms with van der Waals surface area (Å²) in [6, 6.07) is -0.392. The van der Waals surface area contributed by atoms with Crippen molar-refractivity contribution in [3.05, 3.63) is 21.7 Å². The van der Waals surface area contributed by atoms with Gasteiger partial charge >= 0.3 is 0 Å². The average Bonchev–Trinajstić information content (AvgIpc) is 3.32. The number of H-pyrrole nitrogens is 1. The molecule has 0 saturated carbocycles. The molecule has 2 aromatic heterocycles. The second kappa shape index (κ2) is 10.1. The van der Waals surface area contributed by atoms with E-state index in [2.05, 4.69) is 25.5 Å². The number of aromatic amines is 1. The van der Waals surface area contributed by atoms with Crippen molar-refractivity contribution in [2.24, 2.45) is 0 Å². The number of hydrogen-bond acceptors (Lipinski definition) is 8. The largest absolute Gasteiger partial charge is 0.389 e. The van der Waals surface area contributed by atoms with Gasteiger partial charge in [-0.15, -0.1) is 10.2 Å². The summed E-state index contributed by atoms with van der Waals surface area (Å²) in [5, 5.41) is 32.2. The smallest absolute Gasteiger partial charge is 0.287 e. The Kier molecular flexibility index (Phi) is 8.17. The van der Waals surface area contributed by atoms with E-state index in [-0.39, 0.29) is 5.82 Å². The van der Waals surface area contributed by atoms with E-state index in [9.17, 15) is 15.0 Å². The Labute approximate surface area is 173 Å². The van der Waals surface area contributed by atoms with E-state index in [1.807, 2.05) is 25.7 Å². The molecule has 11 heteroatoms. The summed E-state index contributed by atoms with van der Waals surface area (Å²) in [6.07, 6.45) is -0.235. The van der Waals surface area contributed by atoms with Crippen molar-refractivity contribution in [3.8, 4) is 0 Å². The fourth-order valence-electron chi connectivity index (χ4n) is 2.76. The predicted molar refractivity (Wildman–Crippen MR) is 109 cm³/mol. The van der Waals surface area contributed by atoms with E-state index in [1.165, 1.54) is 11.3 Å². The van der Waals surface area contributed by atoms with Gasteiger partial charge in [-0.1, -0.05) is 43.7 Å². The maximum Gasteiger partial charge on any atom is 0.287 e. The van der Waals surface area contributed by atoms with Crippen LogP contribution in [0, 0.1) is 0 Å². The maximum absolute atomic E-state index is 12.3. The molecule has 1 fully saturated rings. The molecule has 28 heavy (non-hydrogen) atoms. The van der Waals surface area contributed by atoms with Crippen molar-refractivity contribution in [1.82, 2.24) is 25.5 Å². The van der Waals surface area contributed by atoms with Crippen LogP contribution in [0.3, 0.4) is 0 Å². The molecule has 3 atom stereocenters. The number of aliphatic hydroxyl groups excluding tert-OH is 2. The van der Waals surface area contributed by atoms with E-state index in [1.54, 1.807) is 6.92 Å². The molecule has 0 bridgehead atoms. The molecule has 9 nitrogen and oxygen atoms in total. The van der Waals surface area contributed by atoms with Crippen LogP contribution in [0.2, 0.25) is 5.15 Å². The number of aliphatic hydroxyl groups is 2. The van der Waals surface area contributed by atoms with Gasteiger partial charge < -0.3 is 25.4 Å². The molecule has 4 N–H and O–H groups in total. The Bertz CT molecular complexity index is 781. The van der Waals surface area contributed by atoms with Gasteiger partial charge in [-0.25, -0.2) is 4.98 Å². The molecular weight excluding hydrogens is 404 g/mol. The highest BCUT2D eigenvalue weighted by Crippen LogP contribution is 2.27. The number of carbonyl (C=O) groups is 1. The zero-order valence-electron chi connectivity index (χ0n) is 16.4. The van der Waals surface area contributed by atoms with Gasteiger partial charge in [0.2, 0.25) is 5.13 Å². The minimum atomic E-state index is -0.761. The van der Waals surface area contributed by atoms with Crippen LogP contribution in [-0.2, 0) is 6.42 Å². The summed E-state index contributed by atoms with van der Waals surface area (Å²) < 4.78 is 0. The third-order valence-electron chi connectivity index (χ3n) is 4.25. The summed E-state index contributed by atoms with van der Waals surface area (Å²) in [4.78, 5) is 21.1. The first kappa shape index (κ1) is 22.5. The number of amides is 1. The van der Waals surface area contributed by atoms with Gasteiger partial charge in [-0.3, -0.25) is 4.79 Å². The fraction of sp³-hybridized carbons (Fsp3) is 0.647. The Morgan fingerprint density at radius 3 is 2.71 bits per heavy atom. The van der Waals surface area contributed by atoms with Crippen molar-refractivity contribution in [2.75, 3.05) is 18.0 Å². The molecular formula is C17H27ClN6O3S. The quantitative estimate of drug-likeness (QED) is 0.570. The molecule has 2 aromatic rings. The Hall–Kier alpha value is -1.75. The first-order valence-electron chi connectivity index (χ1n) is 9.38. The van der Waals surface area contributed by atoms with Crippen LogP contribution in [0.5, 0.6) is 0 Å². The summed E-state index contributed by atoms with van der Waals surface area (Å²) in [6.45, 7) is 8.47. The lowest BCUT2D eigenvalue weighted by molar-refractivity contribution is 0.0790. The number of aryl methyl sites for hydroxylation is 1. The van der Waals surface area contributed by atoms with Gasteiger partial charge in [0.25, 0.3) is 5.91 Å².